The van der Waals surface area contributed by atoms with E-state index in [2.05, 4.69) is 34.1 Å². The van der Waals surface area contributed by atoms with E-state index in [1.54, 1.807) is 11.3 Å². The fraction of sp³-hybridized carbons (Fsp3) is 0.500. The number of hydrogen-bond donors (Lipinski definition) is 3. The number of hydrogen-bond acceptors (Lipinski definition) is 3. The van der Waals surface area contributed by atoms with Crippen LogP contribution in [0.25, 0.3) is 0 Å². The Labute approximate surface area is 94.6 Å². The van der Waals surface area contributed by atoms with Gasteiger partial charge in [-0.05, 0) is 30.4 Å². The molecule has 1 aromatic rings. The van der Waals surface area contributed by atoms with E-state index < -0.39 is 0 Å². The average molecular weight is 226 g/mol. The van der Waals surface area contributed by atoms with Crippen LogP contribution in [0.4, 0.5) is 0 Å². The van der Waals surface area contributed by atoms with Crippen molar-refractivity contribution in [2.75, 3.05) is 6.54 Å². The van der Waals surface area contributed by atoms with Gasteiger partial charge >= 0.3 is 0 Å². The van der Waals surface area contributed by atoms with Crippen molar-refractivity contribution in [2.24, 2.45) is 10.8 Å². The zero-order chi connectivity index (χ0) is 11.1. The highest BCUT2D eigenvalue weighted by Crippen LogP contribution is 2.17. The lowest BCUT2D eigenvalue weighted by Gasteiger charge is -2.06. The Kier molecular flexibility index (Phi) is 5.14. The normalized spacial score (nSPS) is 11.5. The van der Waals surface area contributed by atoms with Gasteiger partial charge in [0.05, 0.1) is 6.54 Å². The maximum Gasteiger partial charge on any atom is 0.206 e. The number of aryl methyl sites for hydroxylation is 1. The number of hydrazine groups is 1. The van der Waals surface area contributed by atoms with Gasteiger partial charge in [0.1, 0.15) is 0 Å². The first-order valence-corrected chi connectivity index (χ1v) is 5.99. The smallest absolute Gasteiger partial charge is 0.206 e. The highest BCUT2D eigenvalue weighted by atomic mass is 32.1. The fourth-order valence-corrected chi connectivity index (χ4v) is 2.19. The van der Waals surface area contributed by atoms with Crippen LogP contribution in [0.2, 0.25) is 0 Å². The molecule has 15 heavy (non-hydrogen) atoms. The molecular formula is C10H18N4S. The number of nitrogens with zero attached hydrogens (tertiary/aromatic N) is 1. The minimum atomic E-state index is 0.646. The maximum absolute atomic E-state index is 5.33. The first kappa shape index (κ1) is 12.0. The van der Waals surface area contributed by atoms with E-state index in [-0.39, 0.29) is 0 Å². The van der Waals surface area contributed by atoms with Crippen molar-refractivity contribution >= 4 is 17.3 Å². The van der Waals surface area contributed by atoms with Gasteiger partial charge in [-0.25, -0.2) is 10.8 Å². The number of aliphatic imine (C=N–C) groups is 1. The summed E-state index contributed by atoms with van der Waals surface area (Å²) in [7, 11) is 0. The van der Waals surface area contributed by atoms with Crippen molar-refractivity contribution < 1.29 is 0 Å². The molecule has 0 saturated heterocycles. The van der Waals surface area contributed by atoms with Crippen LogP contribution in [-0.2, 0) is 13.0 Å². The van der Waals surface area contributed by atoms with Gasteiger partial charge in [0.2, 0.25) is 5.96 Å². The minimum Gasteiger partial charge on any atom is -0.356 e. The van der Waals surface area contributed by atoms with Gasteiger partial charge in [-0.2, -0.15) is 0 Å². The summed E-state index contributed by atoms with van der Waals surface area (Å²) in [6.07, 6.45) is 1.06. The van der Waals surface area contributed by atoms with E-state index in [9.17, 15) is 0 Å². The molecule has 1 aromatic heterocycles. The Morgan fingerprint density at radius 3 is 2.93 bits per heavy atom. The number of nitrogens with one attached hydrogen (secondary N) is 2. The van der Waals surface area contributed by atoms with Crippen LogP contribution < -0.4 is 16.6 Å². The van der Waals surface area contributed by atoms with Crippen LogP contribution in [0, 0.1) is 0 Å². The van der Waals surface area contributed by atoms with E-state index >= 15 is 0 Å². The predicted molar refractivity (Wildman–Crippen MR) is 65.8 cm³/mol. The quantitative estimate of drug-likeness (QED) is 0.313. The molecule has 0 bridgehead atoms. The minimum absolute atomic E-state index is 0.646. The van der Waals surface area contributed by atoms with Gasteiger partial charge in [0.15, 0.2) is 0 Å². The molecular weight excluding hydrogens is 208 g/mol. The Morgan fingerprint density at radius 1 is 1.53 bits per heavy atom. The fourth-order valence-electron chi connectivity index (χ4n) is 1.29. The summed E-state index contributed by atoms with van der Waals surface area (Å²) in [5.41, 5.74) is 3.92. The summed E-state index contributed by atoms with van der Waals surface area (Å²) in [6, 6.07) is 2.15. The summed E-state index contributed by atoms with van der Waals surface area (Å²) < 4.78 is 0. The summed E-state index contributed by atoms with van der Waals surface area (Å²) in [6.45, 7) is 5.67. The van der Waals surface area contributed by atoms with Crippen molar-refractivity contribution in [3.8, 4) is 0 Å². The molecule has 0 aromatic carbocycles. The van der Waals surface area contributed by atoms with Gasteiger partial charge in [0, 0.05) is 11.4 Å². The average Bonchev–Trinajstić information content (AvgIpc) is 2.71. The molecule has 0 radical (unpaired) electrons. The molecule has 5 heteroatoms. The monoisotopic (exact) mass is 226 g/mol. The second-order valence-corrected chi connectivity index (χ2v) is 4.06. The van der Waals surface area contributed by atoms with E-state index in [0.717, 1.165) is 13.0 Å². The van der Waals surface area contributed by atoms with Gasteiger partial charge in [-0.3, -0.25) is 5.43 Å². The summed E-state index contributed by atoms with van der Waals surface area (Å²) >= 11 is 1.74. The van der Waals surface area contributed by atoms with E-state index in [1.165, 1.54) is 10.4 Å². The molecule has 4 nitrogen and oxygen atoms in total. The number of nitrogens with two attached hydrogens (primary N) is 1. The molecule has 0 spiro atoms. The van der Waals surface area contributed by atoms with Gasteiger partial charge in [0.25, 0.3) is 0 Å². The predicted octanol–water partition coefficient (Wildman–Crippen LogP) is 1.24. The highest BCUT2D eigenvalue weighted by Gasteiger charge is 2.01. The lowest BCUT2D eigenvalue weighted by atomic mass is 10.2. The number of thiophene rings is 1. The van der Waals surface area contributed by atoms with Gasteiger partial charge in [-0.15, -0.1) is 11.3 Å². The van der Waals surface area contributed by atoms with Crippen LogP contribution >= 0.6 is 11.3 Å². The molecule has 0 aliphatic heterocycles. The van der Waals surface area contributed by atoms with Crippen LogP contribution in [0.15, 0.2) is 16.4 Å². The summed E-state index contributed by atoms with van der Waals surface area (Å²) in [5, 5.41) is 5.15. The Hall–Kier alpha value is -1.07. The van der Waals surface area contributed by atoms with Crippen LogP contribution in [-0.4, -0.2) is 12.5 Å². The van der Waals surface area contributed by atoms with Crippen LogP contribution in [0.3, 0.4) is 0 Å². The zero-order valence-corrected chi connectivity index (χ0v) is 10.0. The highest BCUT2D eigenvalue weighted by molar-refractivity contribution is 7.10. The topological polar surface area (TPSA) is 62.4 Å². The van der Waals surface area contributed by atoms with Crippen LogP contribution in [0.1, 0.15) is 24.3 Å². The molecule has 1 rings (SSSR count). The third kappa shape index (κ3) is 3.53. The standard InChI is InChI=1S/C10H18N4S/c1-3-8-5-6-15-9(8)7-13-10(14-11)12-4-2/h5-6H,3-4,7,11H2,1-2H3,(H2,12,13,14). The van der Waals surface area contributed by atoms with E-state index in [0.29, 0.717) is 12.5 Å². The third-order valence-electron chi connectivity index (χ3n) is 2.08. The maximum atomic E-state index is 5.33. The molecule has 1 heterocycles. The summed E-state index contributed by atoms with van der Waals surface area (Å²) in [4.78, 5) is 5.67. The molecule has 0 aliphatic carbocycles. The Balaban J connectivity index is 2.61. The first-order valence-electron chi connectivity index (χ1n) is 5.12. The Bertz CT molecular complexity index is 319. The van der Waals surface area contributed by atoms with E-state index in [4.69, 9.17) is 5.84 Å². The number of rotatable bonds is 4. The van der Waals surface area contributed by atoms with Crippen LogP contribution in [0.5, 0.6) is 0 Å². The second-order valence-electron chi connectivity index (χ2n) is 3.06. The van der Waals surface area contributed by atoms with Crippen molar-refractivity contribution in [1.82, 2.24) is 10.7 Å². The molecule has 0 aliphatic rings. The molecule has 0 unspecified atom stereocenters. The molecule has 0 amide bonds. The van der Waals surface area contributed by atoms with Crippen molar-refractivity contribution in [3.05, 3.63) is 21.9 Å². The molecule has 0 fully saturated rings. The molecule has 0 saturated carbocycles. The first-order chi connectivity index (χ1) is 7.31. The molecule has 84 valence electrons. The van der Waals surface area contributed by atoms with Crippen molar-refractivity contribution in [2.45, 2.75) is 26.8 Å². The van der Waals surface area contributed by atoms with Crippen molar-refractivity contribution in [1.29, 1.82) is 0 Å². The molecule has 0 atom stereocenters. The summed E-state index contributed by atoms with van der Waals surface area (Å²) in [5.74, 6) is 5.98. The second kappa shape index (κ2) is 6.42. The zero-order valence-electron chi connectivity index (χ0n) is 9.21. The van der Waals surface area contributed by atoms with Crippen molar-refractivity contribution in [3.63, 3.8) is 0 Å². The van der Waals surface area contributed by atoms with Gasteiger partial charge < -0.3 is 5.32 Å². The molecule has 4 N–H and O–H groups in total. The van der Waals surface area contributed by atoms with E-state index in [1.807, 2.05) is 6.92 Å². The SMILES string of the molecule is CCNC(=NCc1sccc1CC)NN. The number of guanidine groups is 1. The lowest BCUT2D eigenvalue weighted by molar-refractivity contribution is 0.852. The largest absolute Gasteiger partial charge is 0.356 e. The Morgan fingerprint density at radius 2 is 2.33 bits per heavy atom. The lowest BCUT2D eigenvalue weighted by Crippen LogP contribution is -2.41. The third-order valence-corrected chi connectivity index (χ3v) is 3.03. The van der Waals surface area contributed by atoms with Gasteiger partial charge in [-0.1, -0.05) is 6.92 Å².